The SMILES string of the molecule is CC(C)(C)OC(=O)N[C@H](COC1CCCCO1)C1(S(=O)(=O)c2ccccc2)CC1CO. The lowest BCUT2D eigenvalue weighted by molar-refractivity contribution is -0.166. The Morgan fingerprint density at radius 2 is 2.00 bits per heavy atom. The van der Waals surface area contributed by atoms with Crippen LogP contribution in [0.3, 0.4) is 0 Å². The first-order chi connectivity index (χ1) is 14.6. The number of carbonyl (C=O) groups is 1. The average Bonchev–Trinajstić information content (AvgIpc) is 3.48. The average molecular weight is 456 g/mol. The minimum Gasteiger partial charge on any atom is -0.444 e. The van der Waals surface area contributed by atoms with Crippen molar-refractivity contribution in [1.29, 1.82) is 0 Å². The Kier molecular flexibility index (Phi) is 7.30. The normalized spacial score (nSPS) is 27.4. The number of alkyl carbamates (subject to hydrolysis) is 1. The molecule has 1 saturated heterocycles. The molecule has 0 radical (unpaired) electrons. The van der Waals surface area contributed by atoms with Gasteiger partial charge in [-0.3, -0.25) is 0 Å². The van der Waals surface area contributed by atoms with E-state index in [2.05, 4.69) is 5.32 Å². The second-order valence-corrected chi connectivity index (χ2v) is 11.4. The van der Waals surface area contributed by atoms with Crippen molar-refractivity contribution in [3.05, 3.63) is 30.3 Å². The van der Waals surface area contributed by atoms with E-state index in [0.717, 1.165) is 12.8 Å². The highest BCUT2D eigenvalue weighted by atomic mass is 32.2. The van der Waals surface area contributed by atoms with E-state index in [-0.39, 0.29) is 24.5 Å². The van der Waals surface area contributed by atoms with Crippen molar-refractivity contribution >= 4 is 15.9 Å². The number of sulfone groups is 1. The number of rotatable bonds is 8. The number of aliphatic hydroxyl groups is 1. The lowest BCUT2D eigenvalue weighted by atomic mass is 10.1. The maximum absolute atomic E-state index is 13.7. The molecule has 0 spiro atoms. The molecule has 0 bridgehead atoms. The summed E-state index contributed by atoms with van der Waals surface area (Å²) in [6.07, 6.45) is 1.67. The van der Waals surface area contributed by atoms with Crippen LogP contribution in [0.25, 0.3) is 0 Å². The Morgan fingerprint density at radius 1 is 1.29 bits per heavy atom. The van der Waals surface area contributed by atoms with Crippen LogP contribution < -0.4 is 5.32 Å². The summed E-state index contributed by atoms with van der Waals surface area (Å²) < 4.78 is 42.8. The number of benzene rings is 1. The van der Waals surface area contributed by atoms with Crippen LogP contribution in [0.5, 0.6) is 0 Å². The molecule has 1 saturated carbocycles. The van der Waals surface area contributed by atoms with Crippen LogP contribution in [0.15, 0.2) is 35.2 Å². The van der Waals surface area contributed by atoms with Crippen molar-refractivity contribution in [2.24, 2.45) is 5.92 Å². The molecule has 1 aromatic rings. The Bertz CT molecular complexity index is 846. The first-order valence-corrected chi connectivity index (χ1v) is 12.2. The van der Waals surface area contributed by atoms with E-state index in [9.17, 15) is 18.3 Å². The number of hydrogen-bond donors (Lipinski definition) is 2. The van der Waals surface area contributed by atoms with Crippen molar-refractivity contribution < 1.29 is 32.5 Å². The van der Waals surface area contributed by atoms with Gasteiger partial charge in [-0.15, -0.1) is 0 Å². The predicted octanol–water partition coefficient (Wildman–Crippen LogP) is 2.65. The van der Waals surface area contributed by atoms with Gasteiger partial charge in [0, 0.05) is 19.1 Å². The molecule has 1 heterocycles. The minimum absolute atomic E-state index is 0.0630. The van der Waals surface area contributed by atoms with Gasteiger partial charge < -0.3 is 24.6 Å². The topological polar surface area (TPSA) is 111 Å². The summed E-state index contributed by atoms with van der Waals surface area (Å²) in [6, 6.07) is 7.19. The van der Waals surface area contributed by atoms with Crippen LogP contribution in [0.4, 0.5) is 4.79 Å². The summed E-state index contributed by atoms with van der Waals surface area (Å²) in [5.41, 5.74) is -0.743. The summed E-state index contributed by atoms with van der Waals surface area (Å²) in [5.74, 6) is -0.520. The van der Waals surface area contributed by atoms with Crippen molar-refractivity contribution in [3.63, 3.8) is 0 Å². The Hall–Kier alpha value is -1.68. The van der Waals surface area contributed by atoms with E-state index < -0.39 is 44.5 Å². The standard InChI is InChI=1S/C22H33NO7S/c1-21(2,3)30-20(25)23-18(15-29-19-11-7-8-12-28-19)22(13-16(22)14-24)31(26,27)17-9-5-4-6-10-17/h4-6,9-10,16,18-19,24H,7-8,11-15H2,1-3H3,(H,23,25)/t16?,18-,19?,22?/m1/s1. The summed E-state index contributed by atoms with van der Waals surface area (Å²) in [6.45, 7) is 5.42. The molecule has 2 fully saturated rings. The minimum atomic E-state index is -3.88. The van der Waals surface area contributed by atoms with Crippen LogP contribution in [-0.2, 0) is 24.0 Å². The molecule has 1 aliphatic carbocycles. The highest BCUT2D eigenvalue weighted by molar-refractivity contribution is 7.93. The van der Waals surface area contributed by atoms with Gasteiger partial charge in [-0.1, -0.05) is 18.2 Å². The highest BCUT2D eigenvalue weighted by Crippen LogP contribution is 2.55. The largest absolute Gasteiger partial charge is 0.444 e. The molecule has 8 nitrogen and oxygen atoms in total. The second-order valence-electron chi connectivity index (χ2n) is 9.18. The third-order valence-electron chi connectivity index (χ3n) is 5.74. The third-order valence-corrected chi connectivity index (χ3v) is 8.42. The molecule has 3 rings (SSSR count). The van der Waals surface area contributed by atoms with Gasteiger partial charge in [0.05, 0.1) is 17.5 Å². The molecular weight excluding hydrogens is 422 g/mol. The molecule has 9 heteroatoms. The van der Waals surface area contributed by atoms with Crippen LogP contribution in [0, 0.1) is 5.92 Å². The lowest BCUT2D eigenvalue weighted by Crippen LogP contribution is -2.54. The van der Waals surface area contributed by atoms with Crippen molar-refractivity contribution in [1.82, 2.24) is 5.32 Å². The maximum Gasteiger partial charge on any atom is 0.408 e. The summed E-state index contributed by atoms with van der Waals surface area (Å²) in [5, 5.41) is 12.6. The van der Waals surface area contributed by atoms with Gasteiger partial charge >= 0.3 is 6.09 Å². The van der Waals surface area contributed by atoms with E-state index in [1.54, 1.807) is 39.0 Å². The molecule has 1 aliphatic heterocycles. The second kappa shape index (κ2) is 9.44. The fourth-order valence-electron chi connectivity index (χ4n) is 4.11. The van der Waals surface area contributed by atoms with Gasteiger partial charge in [-0.25, -0.2) is 13.2 Å². The zero-order chi connectivity index (χ0) is 22.7. The van der Waals surface area contributed by atoms with Gasteiger partial charge in [0.15, 0.2) is 16.1 Å². The fraction of sp³-hybridized carbons (Fsp3) is 0.682. The molecule has 4 atom stereocenters. The van der Waals surface area contributed by atoms with Crippen LogP contribution in [0.2, 0.25) is 0 Å². The van der Waals surface area contributed by atoms with Crippen molar-refractivity contribution in [2.75, 3.05) is 19.8 Å². The van der Waals surface area contributed by atoms with Gasteiger partial charge in [0.1, 0.15) is 10.3 Å². The van der Waals surface area contributed by atoms with Crippen molar-refractivity contribution in [3.8, 4) is 0 Å². The molecule has 174 valence electrons. The van der Waals surface area contributed by atoms with Crippen LogP contribution in [0.1, 0.15) is 46.5 Å². The first-order valence-electron chi connectivity index (χ1n) is 10.7. The number of aliphatic hydroxyl groups excluding tert-OH is 1. The summed E-state index contributed by atoms with van der Waals surface area (Å²) in [7, 11) is -3.88. The van der Waals surface area contributed by atoms with E-state index in [1.165, 1.54) is 12.1 Å². The number of ether oxygens (including phenoxy) is 3. The summed E-state index contributed by atoms with van der Waals surface area (Å²) >= 11 is 0. The molecular formula is C22H33NO7S. The van der Waals surface area contributed by atoms with E-state index >= 15 is 0 Å². The molecule has 2 aliphatic rings. The fourth-order valence-corrected chi connectivity index (χ4v) is 6.50. The molecule has 2 N–H and O–H groups in total. The molecule has 3 unspecified atom stereocenters. The monoisotopic (exact) mass is 455 g/mol. The van der Waals surface area contributed by atoms with E-state index in [1.807, 2.05) is 0 Å². The number of amides is 1. The molecule has 0 aromatic heterocycles. The van der Waals surface area contributed by atoms with Crippen LogP contribution in [-0.4, -0.2) is 62.1 Å². The van der Waals surface area contributed by atoms with Crippen molar-refractivity contribution in [2.45, 2.75) is 74.0 Å². The third kappa shape index (κ3) is 5.39. The van der Waals surface area contributed by atoms with Gasteiger partial charge in [0.2, 0.25) is 0 Å². The number of nitrogens with one attached hydrogen (secondary N) is 1. The first kappa shape index (κ1) is 24.0. The Morgan fingerprint density at radius 3 is 2.55 bits per heavy atom. The summed E-state index contributed by atoms with van der Waals surface area (Å²) in [4.78, 5) is 12.7. The molecule has 31 heavy (non-hydrogen) atoms. The van der Waals surface area contributed by atoms with Gasteiger partial charge in [0.25, 0.3) is 0 Å². The Balaban J connectivity index is 1.89. The van der Waals surface area contributed by atoms with Crippen LogP contribution >= 0.6 is 0 Å². The van der Waals surface area contributed by atoms with Gasteiger partial charge in [-0.05, 0) is 58.6 Å². The van der Waals surface area contributed by atoms with E-state index in [0.29, 0.717) is 13.0 Å². The lowest BCUT2D eigenvalue weighted by Gasteiger charge is -2.32. The zero-order valence-electron chi connectivity index (χ0n) is 18.4. The highest BCUT2D eigenvalue weighted by Gasteiger charge is 2.68. The molecule has 1 amide bonds. The zero-order valence-corrected chi connectivity index (χ0v) is 19.2. The quantitative estimate of drug-likeness (QED) is 0.620. The number of hydrogen-bond acceptors (Lipinski definition) is 7. The van der Waals surface area contributed by atoms with Gasteiger partial charge in [-0.2, -0.15) is 0 Å². The van der Waals surface area contributed by atoms with E-state index in [4.69, 9.17) is 14.2 Å². The maximum atomic E-state index is 13.7. The number of carbonyl (C=O) groups excluding carboxylic acids is 1. The molecule has 1 aromatic carbocycles. The Labute approximate surface area is 184 Å². The predicted molar refractivity (Wildman–Crippen MR) is 114 cm³/mol. The smallest absolute Gasteiger partial charge is 0.408 e.